The van der Waals surface area contributed by atoms with Crippen LogP contribution in [0.3, 0.4) is 0 Å². The van der Waals surface area contributed by atoms with E-state index in [1.165, 1.54) is 0 Å². The molecule has 0 fully saturated rings. The predicted octanol–water partition coefficient (Wildman–Crippen LogP) is 3.65. The molecule has 1 unspecified atom stereocenters. The summed E-state index contributed by atoms with van der Waals surface area (Å²) in [6, 6.07) is 5.51. The molecule has 0 aliphatic rings. The molecule has 0 amide bonds. The Morgan fingerprint density at radius 2 is 2.33 bits per heavy atom. The van der Waals surface area contributed by atoms with Crippen LogP contribution in [0.15, 0.2) is 29.3 Å². The van der Waals surface area contributed by atoms with E-state index >= 15 is 0 Å². The molecule has 1 rings (SSSR count). The van der Waals surface area contributed by atoms with Gasteiger partial charge in [0.15, 0.2) is 0 Å². The van der Waals surface area contributed by atoms with Crippen LogP contribution in [-0.4, -0.2) is 6.61 Å². The van der Waals surface area contributed by atoms with E-state index in [1.54, 1.807) is 0 Å². The molecular formula is C11H13BrClNO. The number of rotatable bonds is 4. The van der Waals surface area contributed by atoms with E-state index in [1.807, 2.05) is 25.1 Å². The summed E-state index contributed by atoms with van der Waals surface area (Å²) in [5.41, 5.74) is 6.72. The molecule has 0 radical (unpaired) electrons. The van der Waals surface area contributed by atoms with Gasteiger partial charge in [0.25, 0.3) is 0 Å². The molecule has 2 nitrogen and oxygen atoms in total. The molecule has 0 aliphatic carbocycles. The molecule has 0 heterocycles. The normalized spacial score (nSPS) is 12.3. The average molecular weight is 291 g/mol. The van der Waals surface area contributed by atoms with E-state index in [0.29, 0.717) is 17.4 Å². The van der Waals surface area contributed by atoms with Crippen molar-refractivity contribution >= 4 is 27.5 Å². The number of benzene rings is 1. The second-order valence-corrected chi connectivity index (χ2v) is 4.81. The summed E-state index contributed by atoms with van der Waals surface area (Å²) in [7, 11) is 0. The van der Waals surface area contributed by atoms with Gasteiger partial charge >= 0.3 is 0 Å². The van der Waals surface area contributed by atoms with Crippen LogP contribution in [0.1, 0.15) is 18.5 Å². The van der Waals surface area contributed by atoms with E-state index in [-0.39, 0.29) is 6.04 Å². The largest absolute Gasteiger partial charge is 0.487 e. The lowest BCUT2D eigenvalue weighted by molar-refractivity contribution is 0.361. The molecule has 4 heteroatoms. The van der Waals surface area contributed by atoms with Gasteiger partial charge in [-0.1, -0.05) is 40.2 Å². The standard InChI is InChI=1S/C11H13BrClNO/c1-7(12)6-15-11-4-3-9(8(2)14)5-10(11)13/h3-5,8H,1,6,14H2,2H3. The van der Waals surface area contributed by atoms with Crippen molar-refractivity contribution in [2.24, 2.45) is 5.73 Å². The first kappa shape index (κ1) is 12.6. The van der Waals surface area contributed by atoms with Crippen LogP contribution in [0.4, 0.5) is 0 Å². The number of nitrogens with two attached hydrogens (primary N) is 1. The van der Waals surface area contributed by atoms with Crippen LogP contribution in [0.25, 0.3) is 0 Å². The first-order chi connectivity index (χ1) is 7.00. The topological polar surface area (TPSA) is 35.2 Å². The van der Waals surface area contributed by atoms with Crippen LogP contribution >= 0.6 is 27.5 Å². The lowest BCUT2D eigenvalue weighted by Gasteiger charge is -2.10. The summed E-state index contributed by atoms with van der Waals surface area (Å²) >= 11 is 9.24. The van der Waals surface area contributed by atoms with Crippen molar-refractivity contribution in [3.05, 3.63) is 39.8 Å². The van der Waals surface area contributed by atoms with Crippen molar-refractivity contribution in [3.63, 3.8) is 0 Å². The van der Waals surface area contributed by atoms with Gasteiger partial charge in [0.1, 0.15) is 12.4 Å². The van der Waals surface area contributed by atoms with Crippen molar-refractivity contribution in [1.82, 2.24) is 0 Å². The Balaban J connectivity index is 2.79. The van der Waals surface area contributed by atoms with E-state index in [0.717, 1.165) is 10.0 Å². The van der Waals surface area contributed by atoms with Crippen molar-refractivity contribution in [2.75, 3.05) is 6.61 Å². The zero-order valence-electron chi connectivity index (χ0n) is 8.47. The van der Waals surface area contributed by atoms with Crippen LogP contribution in [0, 0.1) is 0 Å². The summed E-state index contributed by atoms with van der Waals surface area (Å²) in [6.07, 6.45) is 0. The van der Waals surface area contributed by atoms with Gasteiger partial charge in [-0.25, -0.2) is 0 Å². The summed E-state index contributed by atoms with van der Waals surface area (Å²) in [4.78, 5) is 0. The number of halogens is 2. The molecular weight excluding hydrogens is 277 g/mol. The highest BCUT2D eigenvalue weighted by Crippen LogP contribution is 2.27. The zero-order valence-corrected chi connectivity index (χ0v) is 10.8. The average Bonchev–Trinajstić information content (AvgIpc) is 2.15. The van der Waals surface area contributed by atoms with Crippen LogP contribution in [-0.2, 0) is 0 Å². The Labute approximate surface area is 103 Å². The minimum absolute atomic E-state index is 0.0253. The minimum atomic E-state index is -0.0253. The van der Waals surface area contributed by atoms with Gasteiger partial charge < -0.3 is 10.5 Å². The van der Waals surface area contributed by atoms with Gasteiger partial charge in [-0.2, -0.15) is 0 Å². The molecule has 1 atom stereocenters. The molecule has 1 aromatic carbocycles. The van der Waals surface area contributed by atoms with Crippen LogP contribution in [0.2, 0.25) is 5.02 Å². The van der Waals surface area contributed by atoms with Gasteiger partial charge in [0, 0.05) is 10.5 Å². The third-order valence-electron chi connectivity index (χ3n) is 1.87. The monoisotopic (exact) mass is 289 g/mol. The minimum Gasteiger partial charge on any atom is -0.487 e. The highest BCUT2D eigenvalue weighted by atomic mass is 79.9. The van der Waals surface area contributed by atoms with Crippen molar-refractivity contribution in [3.8, 4) is 5.75 Å². The molecule has 0 spiro atoms. The lowest BCUT2D eigenvalue weighted by Crippen LogP contribution is -2.05. The second-order valence-electron chi connectivity index (χ2n) is 3.28. The molecule has 0 bridgehead atoms. The molecule has 15 heavy (non-hydrogen) atoms. The highest BCUT2D eigenvalue weighted by molar-refractivity contribution is 9.11. The quantitative estimate of drug-likeness (QED) is 0.918. The molecule has 0 saturated carbocycles. The zero-order chi connectivity index (χ0) is 11.4. The van der Waals surface area contributed by atoms with E-state index in [2.05, 4.69) is 22.5 Å². The Bertz CT molecular complexity index is 366. The molecule has 2 N–H and O–H groups in total. The number of hydrogen-bond acceptors (Lipinski definition) is 2. The van der Waals surface area contributed by atoms with Gasteiger partial charge in [-0.05, 0) is 24.6 Å². The Morgan fingerprint density at radius 1 is 1.67 bits per heavy atom. The van der Waals surface area contributed by atoms with Gasteiger partial charge in [-0.3, -0.25) is 0 Å². The fourth-order valence-electron chi connectivity index (χ4n) is 1.07. The Kier molecular flexibility index (Phi) is 4.64. The maximum absolute atomic E-state index is 6.03. The summed E-state index contributed by atoms with van der Waals surface area (Å²) < 4.78 is 6.19. The summed E-state index contributed by atoms with van der Waals surface area (Å²) in [6.45, 7) is 5.98. The molecule has 0 aliphatic heterocycles. The van der Waals surface area contributed by atoms with E-state index < -0.39 is 0 Å². The maximum atomic E-state index is 6.03. The first-order valence-corrected chi connectivity index (χ1v) is 5.69. The van der Waals surface area contributed by atoms with Gasteiger partial charge in [0.05, 0.1) is 5.02 Å². The molecule has 0 aromatic heterocycles. The Hall–Kier alpha value is -0.510. The van der Waals surface area contributed by atoms with E-state index in [4.69, 9.17) is 22.1 Å². The molecule has 0 saturated heterocycles. The van der Waals surface area contributed by atoms with Crippen molar-refractivity contribution in [1.29, 1.82) is 0 Å². The van der Waals surface area contributed by atoms with Crippen LogP contribution < -0.4 is 10.5 Å². The fraction of sp³-hybridized carbons (Fsp3) is 0.273. The maximum Gasteiger partial charge on any atom is 0.138 e. The van der Waals surface area contributed by atoms with Crippen LogP contribution in [0.5, 0.6) is 5.75 Å². The Morgan fingerprint density at radius 3 is 2.80 bits per heavy atom. The third kappa shape index (κ3) is 3.86. The van der Waals surface area contributed by atoms with Crippen molar-refractivity contribution in [2.45, 2.75) is 13.0 Å². The third-order valence-corrected chi connectivity index (χ3v) is 2.39. The predicted molar refractivity (Wildman–Crippen MR) is 67.6 cm³/mol. The smallest absolute Gasteiger partial charge is 0.138 e. The second kappa shape index (κ2) is 5.54. The first-order valence-electron chi connectivity index (χ1n) is 4.52. The number of ether oxygens (including phenoxy) is 1. The molecule has 82 valence electrons. The highest BCUT2D eigenvalue weighted by Gasteiger charge is 2.05. The summed E-state index contributed by atoms with van der Waals surface area (Å²) in [5.74, 6) is 0.640. The SMILES string of the molecule is C=C(Br)COc1ccc(C(C)N)cc1Cl. The fourth-order valence-corrected chi connectivity index (χ4v) is 1.43. The van der Waals surface area contributed by atoms with Gasteiger partial charge in [-0.15, -0.1) is 0 Å². The summed E-state index contributed by atoms with van der Waals surface area (Å²) in [5, 5.41) is 0.568. The van der Waals surface area contributed by atoms with E-state index in [9.17, 15) is 0 Å². The van der Waals surface area contributed by atoms with Gasteiger partial charge in [0.2, 0.25) is 0 Å². The lowest BCUT2D eigenvalue weighted by atomic mass is 10.1. The van der Waals surface area contributed by atoms with Crippen molar-refractivity contribution < 1.29 is 4.74 Å². The number of hydrogen-bond donors (Lipinski definition) is 1. The molecule has 1 aromatic rings.